The Hall–Kier alpha value is -1.09. The van der Waals surface area contributed by atoms with E-state index in [0.717, 1.165) is 18.5 Å². The predicted molar refractivity (Wildman–Crippen MR) is 39.6 cm³/mol. The van der Waals surface area contributed by atoms with Crippen molar-refractivity contribution in [3.8, 4) is 0 Å². The van der Waals surface area contributed by atoms with Crippen molar-refractivity contribution in [1.82, 2.24) is 5.32 Å². The van der Waals surface area contributed by atoms with Crippen molar-refractivity contribution in [2.45, 2.75) is 6.42 Å². The average Bonchev–Trinajstić information content (AvgIpc) is 2.40. The van der Waals surface area contributed by atoms with Crippen LogP contribution in [-0.2, 0) is 6.42 Å². The Kier molecular flexibility index (Phi) is 1.51. The van der Waals surface area contributed by atoms with E-state index in [9.17, 15) is 4.79 Å². The Balaban J connectivity index is 2.41. The fraction of sp³-hybridized carbons (Fsp3) is 0.375. The van der Waals surface area contributed by atoms with E-state index in [1.165, 1.54) is 0 Å². The van der Waals surface area contributed by atoms with Crippen LogP contribution < -0.4 is 5.32 Å². The Morgan fingerprint density at radius 1 is 1.55 bits per heavy atom. The highest BCUT2D eigenvalue weighted by molar-refractivity contribution is 5.96. The Morgan fingerprint density at radius 3 is 3.36 bits per heavy atom. The van der Waals surface area contributed by atoms with Gasteiger partial charge >= 0.3 is 0 Å². The van der Waals surface area contributed by atoms with E-state index in [4.69, 9.17) is 4.42 Å². The largest absolute Gasteiger partial charge is 0.461 e. The molecule has 2 heterocycles. The molecule has 11 heavy (non-hydrogen) atoms. The molecule has 3 nitrogen and oxygen atoms in total. The van der Waals surface area contributed by atoms with Gasteiger partial charge in [0, 0.05) is 5.56 Å². The van der Waals surface area contributed by atoms with Crippen LogP contribution in [0, 0.1) is 0 Å². The van der Waals surface area contributed by atoms with Gasteiger partial charge in [0.05, 0.1) is 12.8 Å². The van der Waals surface area contributed by atoms with Crippen molar-refractivity contribution < 1.29 is 9.21 Å². The smallest absolute Gasteiger partial charge is 0.211 e. The highest BCUT2D eigenvalue weighted by Crippen LogP contribution is 2.13. The summed E-state index contributed by atoms with van der Waals surface area (Å²) in [6.45, 7) is 1.26. The van der Waals surface area contributed by atoms with Gasteiger partial charge in [-0.15, -0.1) is 0 Å². The maximum absolute atomic E-state index is 11.2. The highest BCUT2D eigenvalue weighted by atomic mass is 16.3. The molecule has 0 unspecified atom stereocenters. The summed E-state index contributed by atoms with van der Waals surface area (Å²) < 4.78 is 5.06. The van der Waals surface area contributed by atoms with Gasteiger partial charge in [-0.1, -0.05) is 0 Å². The molecule has 1 aliphatic heterocycles. The summed E-state index contributed by atoms with van der Waals surface area (Å²) in [5.74, 6) is 0.595. The van der Waals surface area contributed by atoms with Crippen LogP contribution in [0.25, 0.3) is 0 Å². The molecule has 0 atom stereocenters. The summed E-state index contributed by atoms with van der Waals surface area (Å²) in [6, 6.07) is 1.86. The average molecular weight is 151 g/mol. The molecular weight excluding hydrogens is 142 g/mol. The van der Waals surface area contributed by atoms with Crippen LogP contribution in [-0.4, -0.2) is 18.9 Å². The lowest BCUT2D eigenvalue weighted by Crippen LogP contribution is -2.21. The second kappa shape index (κ2) is 2.51. The second-order valence-electron chi connectivity index (χ2n) is 2.62. The minimum absolute atomic E-state index is 0.0579. The van der Waals surface area contributed by atoms with Crippen molar-refractivity contribution in [2.24, 2.45) is 0 Å². The monoisotopic (exact) mass is 151 g/mol. The molecule has 0 aromatic carbocycles. The number of carbonyl (C=O) groups is 1. The van der Waals surface area contributed by atoms with Crippen LogP contribution in [0.15, 0.2) is 16.7 Å². The molecule has 0 bridgehead atoms. The summed E-state index contributed by atoms with van der Waals surface area (Å²) in [6.07, 6.45) is 2.46. The standard InChI is InChI=1S/C8H9NO2/c10-7-5-9-3-1-6-2-4-11-8(6)7/h2,4,9H,1,3,5H2. The molecule has 0 radical (unpaired) electrons. The van der Waals surface area contributed by atoms with Gasteiger partial charge in [-0.25, -0.2) is 0 Å². The number of ketones is 1. The second-order valence-corrected chi connectivity index (χ2v) is 2.62. The Morgan fingerprint density at radius 2 is 2.45 bits per heavy atom. The first-order valence-corrected chi connectivity index (χ1v) is 3.68. The van der Waals surface area contributed by atoms with E-state index in [0.29, 0.717) is 12.3 Å². The molecule has 1 aromatic heterocycles. The maximum atomic E-state index is 11.2. The van der Waals surface area contributed by atoms with E-state index >= 15 is 0 Å². The number of hydrogen-bond donors (Lipinski definition) is 1. The first kappa shape index (κ1) is 6.61. The summed E-state index contributed by atoms with van der Waals surface area (Å²) in [5, 5.41) is 3.02. The number of fused-ring (bicyclic) bond motifs is 1. The van der Waals surface area contributed by atoms with Gasteiger partial charge < -0.3 is 9.73 Å². The fourth-order valence-corrected chi connectivity index (χ4v) is 1.28. The molecule has 3 heteroatoms. The lowest BCUT2D eigenvalue weighted by molar-refractivity contribution is 0.0967. The first-order chi connectivity index (χ1) is 5.38. The van der Waals surface area contributed by atoms with E-state index in [1.54, 1.807) is 6.26 Å². The SMILES string of the molecule is O=C1CNCCc2ccoc21. The Bertz CT molecular complexity index is 277. The van der Waals surface area contributed by atoms with Crippen LogP contribution in [0.3, 0.4) is 0 Å². The minimum atomic E-state index is 0.0579. The number of carbonyl (C=O) groups excluding carboxylic acids is 1. The van der Waals surface area contributed by atoms with Crippen LogP contribution in [0.5, 0.6) is 0 Å². The van der Waals surface area contributed by atoms with E-state index in [1.807, 2.05) is 6.07 Å². The molecule has 58 valence electrons. The lowest BCUT2D eigenvalue weighted by Gasteiger charge is -1.92. The molecule has 0 spiro atoms. The number of hydrogen-bond acceptors (Lipinski definition) is 3. The molecule has 1 N–H and O–H groups in total. The molecular formula is C8H9NO2. The molecule has 2 rings (SSSR count). The van der Waals surface area contributed by atoms with Crippen molar-refractivity contribution in [1.29, 1.82) is 0 Å². The zero-order chi connectivity index (χ0) is 7.68. The fourth-order valence-electron chi connectivity index (χ4n) is 1.28. The molecule has 0 aliphatic carbocycles. The van der Waals surface area contributed by atoms with E-state index < -0.39 is 0 Å². The number of furan rings is 1. The third-order valence-electron chi connectivity index (χ3n) is 1.86. The zero-order valence-corrected chi connectivity index (χ0v) is 6.09. The number of rotatable bonds is 0. The molecule has 1 aliphatic rings. The normalized spacial score (nSPS) is 17.6. The van der Waals surface area contributed by atoms with Crippen molar-refractivity contribution in [3.63, 3.8) is 0 Å². The van der Waals surface area contributed by atoms with Gasteiger partial charge in [-0.3, -0.25) is 4.79 Å². The number of Topliss-reactive ketones (excluding diaryl/α,β-unsaturated/α-hetero) is 1. The van der Waals surface area contributed by atoms with Gasteiger partial charge in [0.25, 0.3) is 0 Å². The van der Waals surface area contributed by atoms with E-state index in [2.05, 4.69) is 5.32 Å². The van der Waals surface area contributed by atoms with Crippen LogP contribution in [0.1, 0.15) is 16.1 Å². The molecule has 1 aromatic rings. The van der Waals surface area contributed by atoms with Crippen LogP contribution >= 0.6 is 0 Å². The maximum Gasteiger partial charge on any atom is 0.211 e. The minimum Gasteiger partial charge on any atom is -0.461 e. The van der Waals surface area contributed by atoms with Crippen molar-refractivity contribution in [2.75, 3.05) is 13.1 Å². The number of nitrogens with one attached hydrogen (secondary N) is 1. The molecule has 0 amide bonds. The summed E-state index contributed by atoms with van der Waals surface area (Å²) in [5.41, 5.74) is 1.03. The highest BCUT2D eigenvalue weighted by Gasteiger charge is 2.17. The quantitative estimate of drug-likeness (QED) is 0.590. The molecule has 0 fully saturated rings. The summed E-state index contributed by atoms with van der Waals surface area (Å²) in [4.78, 5) is 11.2. The third kappa shape index (κ3) is 1.07. The lowest BCUT2D eigenvalue weighted by atomic mass is 10.1. The van der Waals surface area contributed by atoms with Crippen molar-refractivity contribution >= 4 is 5.78 Å². The van der Waals surface area contributed by atoms with Gasteiger partial charge in [0.15, 0.2) is 5.76 Å². The van der Waals surface area contributed by atoms with Gasteiger partial charge in [-0.05, 0) is 19.0 Å². The van der Waals surface area contributed by atoms with Gasteiger partial charge in [-0.2, -0.15) is 0 Å². The topological polar surface area (TPSA) is 42.2 Å². The van der Waals surface area contributed by atoms with Gasteiger partial charge in [0.2, 0.25) is 5.78 Å². The first-order valence-electron chi connectivity index (χ1n) is 3.68. The third-order valence-corrected chi connectivity index (χ3v) is 1.86. The zero-order valence-electron chi connectivity index (χ0n) is 6.09. The molecule has 0 saturated heterocycles. The Labute approximate surface area is 64.4 Å². The summed E-state index contributed by atoms with van der Waals surface area (Å²) in [7, 11) is 0. The summed E-state index contributed by atoms with van der Waals surface area (Å²) >= 11 is 0. The molecule has 0 saturated carbocycles. The predicted octanol–water partition coefficient (Wildman–Crippen LogP) is 0.608. The van der Waals surface area contributed by atoms with E-state index in [-0.39, 0.29) is 5.78 Å². The van der Waals surface area contributed by atoms with Crippen LogP contribution in [0.4, 0.5) is 0 Å². The van der Waals surface area contributed by atoms with Gasteiger partial charge in [0.1, 0.15) is 0 Å². The van der Waals surface area contributed by atoms with Crippen molar-refractivity contribution in [3.05, 3.63) is 23.7 Å². The van der Waals surface area contributed by atoms with Crippen LogP contribution in [0.2, 0.25) is 0 Å².